The van der Waals surface area contributed by atoms with Crippen LogP contribution in [0.5, 0.6) is 0 Å². The monoisotopic (exact) mass is 367 g/mol. The minimum absolute atomic E-state index is 0.125. The molecule has 0 saturated heterocycles. The smallest absolute Gasteiger partial charge is 0.271 e. The van der Waals surface area contributed by atoms with Crippen molar-refractivity contribution >= 4 is 38.6 Å². The van der Waals surface area contributed by atoms with Gasteiger partial charge in [-0.15, -0.1) is 11.3 Å². The van der Waals surface area contributed by atoms with Crippen molar-refractivity contribution in [2.45, 2.75) is 4.21 Å². The van der Waals surface area contributed by atoms with Crippen molar-refractivity contribution in [2.75, 3.05) is 4.72 Å². The van der Waals surface area contributed by atoms with Gasteiger partial charge in [-0.25, -0.2) is 13.5 Å². The Morgan fingerprint density at radius 1 is 1.17 bits per heavy atom. The van der Waals surface area contributed by atoms with E-state index in [1.165, 1.54) is 18.2 Å². The average molecular weight is 368 g/mol. The van der Waals surface area contributed by atoms with Gasteiger partial charge >= 0.3 is 0 Å². The molecule has 9 heteroatoms. The van der Waals surface area contributed by atoms with E-state index in [-0.39, 0.29) is 9.77 Å². The Morgan fingerprint density at radius 2 is 1.96 bits per heavy atom. The van der Waals surface area contributed by atoms with E-state index in [4.69, 9.17) is 11.6 Å². The Kier molecular flexibility index (Phi) is 4.20. The SMILES string of the molecule is O=c1ccc(-c2csc(S(=O)(=O)Nc3ccccc3Cl)c2)n[nH]1. The maximum absolute atomic E-state index is 12.4. The molecule has 0 unspecified atom stereocenters. The molecule has 3 aromatic rings. The Morgan fingerprint density at radius 3 is 2.65 bits per heavy atom. The fraction of sp³-hybridized carbons (Fsp3) is 0. The topological polar surface area (TPSA) is 91.9 Å². The average Bonchev–Trinajstić information content (AvgIpc) is 3.01. The van der Waals surface area contributed by atoms with Crippen LogP contribution in [0.4, 0.5) is 5.69 Å². The number of anilines is 1. The molecule has 1 aromatic carbocycles. The van der Waals surface area contributed by atoms with Crippen LogP contribution >= 0.6 is 22.9 Å². The molecular formula is C14H10ClN3O3S2. The van der Waals surface area contributed by atoms with Crippen molar-refractivity contribution in [1.29, 1.82) is 0 Å². The van der Waals surface area contributed by atoms with Crippen molar-refractivity contribution in [3.8, 4) is 11.3 Å². The maximum Gasteiger partial charge on any atom is 0.271 e. The second-order valence-corrected chi connectivity index (χ2v) is 7.77. The molecule has 0 radical (unpaired) electrons. The van der Waals surface area contributed by atoms with E-state index in [1.807, 2.05) is 0 Å². The molecule has 6 nitrogen and oxygen atoms in total. The first kappa shape index (κ1) is 15.7. The number of aromatic amines is 1. The zero-order valence-electron chi connectivity index (χ0n) is 11.5. The quantitative estimate of drug-likeness (QED) is 0.741. The summed E-state index contributed by atoms with van der Waals surface area (Å²) in [6.07, 6.45) is 0. The van der Waals surface area contributed by atoms with Crippen LogP contribution in [0, 0.1) is 0 Å². The Labute approximate surface area is 140 Å². The Bertz CT molecular complexity index is 991. The van der Waals surface area contributed by atoms with Gasteiger partial charge in [-0.2, -0.15) is 5.10 Å². The highest BCUT2D eigenvalue weighted by Gasteiger charge is 2.19. The number of hydrogen-bond donors (Lipinski definition) is 2. The zero-order chi connectivity index (χ0) is 16.4. The maximum atomic E-state index is 12.4. The zero-order valence-corrected chi connectivity index (χ0v) is 13.9. The largest absolute Gasteiger partial charge is 0.277 e. The van der Waals surface area contributed by atoms with Crippen molar-refractivity contribution in [1.82, 2.24) is 10.2 Å². The van der Waals surface area contributed by atoms with E-state index < -0.39 is 10.0 Å². The summed E-state index contributed by atoms with van der Waals surface area (Å²) in [4.78, 5) is 11.0. The second-order valence-electron chi connectivity index (χ2n) is 4.55. The number of aromatic nitrogens is 2. The molecule has 0 aliphatic heterocycles. The third-order valence-electron chi connectivity index (χ3n) is 2.93. The molecular weight excluding hydrogens is 358 g/mol. The molecule has 0 bridgehead atoms. The van der Waals surface area contributed by atoms with E-state index >= 15 is 0 Å². The van der Waals surface area contributed by atoms with Gasteiger partial charge < -0.3 is 0 Å². The number of para-hydroxylation sites is 1. The van der Waals surface area contributed by atoms with Gasteiger partial charge in [0.15, 0.2) is 0 Å². The molecule has 118 valence electrons. The number of H-pyrrole nitrogens is 1. The van der Waals surface area contributed by atoms with E-state index in [1.54, 1.807) is 29.6 Å². The molecule has 0 atom stereocenters. The first-order valence-corrected chi connectivity index (χ1v) is 9.12. The highest BCUT2D eigenvalue weighted by molar-refractivity contribution is 7.94. The van der Waals surface area contributed by atoms with Gasteiger partial charge in [0.1, 0.15) is 4.21 Å². The van der Waals surface area contributed by atoms with Gasteiger partial charge in [0.05, 0.1) is 16.4 Å². The first-order chi connectivity index (χ1) is 11.0. The van der Waals surface area contributed by atoms with Gasteiger partial charge in [0, 0.05) is 17.0 Å². The van der Waals surface area contributed by atoms with Gasteiger partial charge in [-0.05, 0) is 24.3 Å². The summed E-state index contributed by atoms with van der Waals surface area (Å²) in [5, 5.41) is 8.15. The molecule has 0 amide bonds. The molecule has 2 aromatic heterocycles. The van der Waals surface area contributed by atoms with Gasteiger partial charge in [0.2, 0.25) is 0 Å². The summed E-state index contributed by atoms with van der Waals surface area (Å²) < 4.78 is 27.4. The van der Waals surface area contributed by atoms with Crippen molar-refractivity contribution in [3.05, 3.63) is 63.2 Å². The molecule has 0 saturated carbocycles. The summed E-state index contributed by atoms with van der Waals surface area (Å²) in [6.45, 7) is 0. The van der Waals surface area contributed by atoms with E-state index in [0.717, 1.165) is 11.3 Å². The molecule has 2 N–H and O–H groups in total. The fourth-order valence-electron chi connectivity index (χ4n) is 1.84. The number of halogens is 1. The minimum atomic E-state index is -3.75. The number of benzene rings is 1. The lowest BCUT2D eigenvalue weighted by Crippen LogP contribution is -2.11. The van der Waals surface area contributed by atoms with Gasteiger partial charge in [-0.1, -0.05) is 23.7 Å². The minimum Gasteiger partial charge on any atom is -0.277 e. The fourth-order valence-corrected chi connectivity index (χ4v) is 4.33. The predicted molar refractivity (Wildman–Crippen MR) is 90.4 cm³/mol. The van der Waals surface area contributed by atoms with Crippen LogP contribution in [0.1, 0.15) is 0 Å². The summed E-state index contributed by atoms with van der Waals surface area (Å²) >= 11 is 7.02. The lowest BCUT2D eigenvalue weighted by atomic mass is 10.2. The van der Waals surface area contributed by atoms with E-state index in [2.05, 4.69) is 14.9 Å². The second kappa shape index (κ2) is 6.15. The molecule has 3 rings (SSSR count). The number of thiophene rings is 1. The molecule has 0 spiro atoms. The summed E-state index contributed by atoms with van der Waals surface area (Å²) in [5.41, 5.74) is 1.08. The number of rotatable bonds is 4. The normalized spacial score (nSPS) is 11.3. The summed E-state index contributed by atoms with van der Waals surface area (Å²) in [6, 6.07) is 10.9. The third kappa shape index (κ3) is 3.44. The number of sulfonamides is 1. The van der Waals surface area contributed by atoms with Crippen LogP contribution in [0.3, 0.4) is 0 Å². The number of nitrogens with zero attached hydrogens (tertiary/aromatic N) is 1. The number of hydrogen-bond acceptors (Lipinski definition) is 5. The Balaban J connectivity index is 1.91. The van der Waals surface area contributed by atoms with Crippen LogP contribution in [-0.2, 0) is 10.0 Å². The number of nitrogens with one attached hydrogen (secondary N) is 2. The van der Waals surface area contributed by atoms with Crippen molar-refractivity contribution in [3.63, 3.8) is 0 Å². The summed E-state index contributed by atoms with van der Waals surface area (Å²) in [7, 11) is -3.75. The van der Waals surface area contributed by atoms with Crippen LogP contribution in [0.25, 0.3) is 11.3 Å². The van der Waals surface area contributed by atoms with Crippen molar-refractivity contribution < 1.29 is 8.42 Å². The molecule has 0 aliphatic carbocycles. The lowest BCUT2D eigenvalue weighted by Gasteiger charge is -2.07. The van der Waals surface area contributed by atoms with E-state index in [0.29, 0.717) is 22.0 Å². The van der Waals surface area contributed by atoms with Crippen LogP contribution in [-0.4, -0.2) is 18.6 Å². The molecule has 0 fully saturated rings. The highest BCUT2D eigenvalue weighted by atomic mass is 35.5. The predicted octanol–water partition coefficient (Wildman–Crippen LogP) is 2.95. The van der Waals surface area contributed by atoms with Crippen molar-refractivity contribution in [2.24, 2.45) is 0 Å². The van der Waals surface area contributed by atoms with Crippen LogP contribution in [0.2, 0.25) is 5.02 Å². The highest BCUT2D eigenvalue weighted by Crippen LogP contribution is 2.29. The lowest BCUT2D eigenvalue weighted by molar-refractivity contribution is 0.603. The van der Waals surface area contributed by atoms with Crippen LogP contribution in [0.15, 0.2) is 56.8 Å². The standard InChI is InChI=1S/C14H10ClN3O3S2/c15-10-3-1-2-4-12(10)18-23(20,21)14-7-9(8-22-14)11-5-6-13(19)17-16-11/h1-8,18H,(H,17,19). The van der Waals surface area contributed by atoms with E-state index in [9.17, 15) is 13.2 Å². The Hall–Kier alpha value is -2.16. The van der Waals surface area contributed by atoms with Gasteiger partial charge in [-0.3, -0.25) is 9.52 Å². The molecule has 2 heterocycles. The first-order valence-electron chi connectivity index (χ1n) is 6.38. The van der Waals surface area contributed by atoms with Crippen LogP contribution < -0.4 is 10.3 Å². The molecule has 0 aliphatic rings. The van der Waals surface area contributed by atoms with Gasteiger partial charge in [0.25, 0.3) is 15.6 Å². The summed E-state index contributed by atoms with van der Waals surface area (Å²) in [5.74, 6) is 0. The molecule has 23 heavy (non-hydrogen) atoms. The third-order valence-corrected chi connectivity index (χ3v) is 6.07.